The van der Waals surface area contributed by atoms with Crippen LogP contribution in [0.3, 0.4) is 0 Å². The Balaban J connectivity index is 1.33. The molecule has 180 valence electrons. The quantitative estimate of drug-likeness (QED) is 0.287. The van der Waals surface area contributed by atoms with Gasteiger partial charge in [0.05, 0.1) is 11.7 Å². The molecule has 2 amide bonds. The topological polar surface area (TPSA) is 132 Å². The Kier molecular flexibility index (Phi) is 6.14. The molecule has 36 heavy (non-hydrogen) atoms. The van der Waals surface area contributed by atoms with Gasteiger partial charge in [0.1, 0.15) is 5.52 Å². The van der Waals surface area contributed by atoms with E-state index in [1.165, 1.54) is 11.0 Å². The lowest BCUT2D eigenvalue weighted by atomic mass is 10.1. The number of hydrogen-bond donors (Lipinski definition) is 4. The normalized spacial score (nSPS) is 13.1. The number of nitrogens with zero attached hydrogens (tertiary/aromatic N) is 4. The van der Waals surface area contributed by atoms with Crippen LogP contribution in [0.4, 0.5) is 27.8 Å². The number of benzene rings is 2. The van der Waals surface area contributed by atoms with Crippen molar-refractivity contribution in [1.29, 1.82) is 0 Å². The van der Waals surface area contributed by atoms with Gasteiger partial charge in [-0.2, -0.15) is 0 Å². The molecule has 1 aliphatic heterocycles. The summed E-state index contributed by atoms with van der Waals surface area (Å²) < 4.78 is 0. The Bertz CT molecular complexity index is 1450. The fraction of sp³-hybridized carbons (Fsp3) is 0.115. The minimum atomic E-state index is -0.895. The van der Waals surface area contributed by atoms with Crippen LogP contribution in [0.15, 0.2) is 79.6 Å². The maximum Gasteiger partial charge on any atom is 0.407 e. The molecular weight excluding hydrogens is 458 g/mol. The zero-order valence-electron chi connectivity index (χ0n) is 19.2. The summed E-state index contributed by atoms with van der Waals surface area (Å²) in [7, 11) is 0. The van der Waals surface area contributed by atoms with Gasteiger partial charge in [-0.25, -0.2) is 14.8 Å². The van der Waals surface area contributed by atoms with Crippen LogP contribution in [-0.2, 0) is 4.79 Å². The van der Waals surface area contributed by atoms with Crippen molar-refractivity contribution in [2.75, 3.05) is 29.0 Å². The molecule has 2 aromatic heterocycles. The van der Waals surface area contributed by atoms with E-state index >= 15 is 0 Å². The summed E-state index contributed by atoms with van der Waals surface area (Å²) in [5.41, 5.74) is 4.50. The summed E-state index contributed by atoms with van der Waals surface area (Å²) in [5.74, 6) is 0.132. The molecule has 0 bridgehead atoms. The van der Waals surface area contributed by atoms with Gasteiger partial charge in [-0.15, -0.1) is 0 Å². The van der Waals surface area contributed by atoms with E-state index in [1.807, 2.05) is 48.5 Å². The van der Waals surface area contributed by atoms with Crippen LogP contribution in [0.1, 0.15) is 0 Å². The number of nitrogens with one attached hydrogen (secondary N) is 3. The molecule has 1 saturated heterocycles. The number of pyridine rings is 1. The third-order valence-corrected chi connectivity index (χ3v) is 5.75. The summed E-state index contributed by atoms with van der Waals surface area (Å²) in [4.78, 5) is 37.6. The van der Waals surface area contributed by atoms with Crippen molar-refractivity contribution >= 4 is 45.9 Å². The molecule has 0 spiro atoms. The van der Waals surface area contributed by atoms with E-state index in [2.05, 4.69) is 32.5 Å². The number of carbonyl (C=O) groups is 2. The summed E-state index contributed by atoms with van der Waals surface area (Å²) >= 11 is 0. The molecule has 10 nitrogen and oxygen atoms in total. The standard InChI is InChI=1S/C26H23N7O3/c1-2-22(34)30-20-5-3-4-16(12-20)23-24-17(10-11-27-23)13-28-25(32-24)31-19-8-6-18(7-9-19)29-21-14-33(15-21)26(35)36/h2-13,21,29H,1,14-15H2,(H,30,34)(H,35,36)(H,28,31,32). The number of carbonyl (C=O) groups excluding carboxylic acids is 1. The highest BCUT2D eigenvalue weighted by molar-refractivity contribution is 5.99. The van der Waals surface area contributed by atoms with Gasteiger partial charge >= 0.3 is 6.09 Å². The van der Waals surface area contributed by atoms with E-state index in [4.69, 9.17) is 10.1 Å². The third kappa shape index (κ3) is 4.92. The average Bonchev–Trinajstić information content (AvgIpc) is 2.86. The van der Waals surface area contributed by atoms with Crippen LogP contribution in [0.5, 0.6) is 0 Å². The largest absolute Gasteiger partial charge is 0.465 e. The number of anilines is 4. The predicted molar refractivity (Wildman–Crippen MR) is 138 cm³/mol. The highest BCUT2D eigenvalue weighted by atomic mass is 16.4. The van der Waals surface area contributed by atoms with Crippen molar-refractivity contribution in [3.05, 3.63) is 79.6 Å². The first kappa shape index (κ1) is 22.8. The fourth-order valence-corrected chi connectivity index (χ4v) is 3.91. The molecule has 0 unspecified atom stereocenters. The smallest absolute Gasteiger partial charge is 0.407 e. The van der Waals surface area contributed by atoms with Gasteiger partial charge in [0.15, 0.2) is 0 Å². The Labute approximate surface area is 206 Å². The van der Waals surface area contributed by atoms with Crippen molar-refractivity contribution in [3.63, 3.8) is 0 Å². The highest BCUT2D eigenvalue weighted by Gasteiger charge is 2.30. The predicted octanol–water partition coefficient (Wildman–Crippen LogP) is 4.33. The molecule has 5 rings (SSSR count). The summed E-state index contributed by atoms with van der Waals surface area (Å²) in [6.07, 6.45) is 3.76. The van der Waals surface area contributed by atoms with Crippen LogP contribution in [0.2, 0.25) is 0 Å². The SMILES string of the molecule is C=CC(=O)Nc1cccc(-c2nccc3cnc(Nc4ccc(NC5CN(C(=O)O)C5)cc4)nc23)c1. The van der Waals surface area contributed by atoms with Gasteiger partial charge in [0.2, 0.25) is 11.9 Å². The minimum Gasteiger partial charge on any atom is -0.465 e. The number of amides is 2. The second kappa shape index (κ2) is 9.71. The first-order valence-electron chi connectivity index (χ1n) is 11.3. The number of rotatable bonds is 7. The lowest BCUT2D eigenvalue weighted by Crippen LogP contribution is -2.56. The van der Waals surface area contributed by atoms with E-state index in [-0.39, 0.29) is 11.9 Å². The van der Waals surface area contributed by atoms with E-state index in [0.717, 1.165) is 22.3 Å². The van der Waals surface area contributed by atoms with Crippen LogP contribution < -0.4 is 16.0 Å². The van der Waals surface area contributed by atoms with Gasteiger partial charge in [-0.1, -0.05) is 18.7 Å². The lowest BCUT2D eigenvalue weighted by Gasteiger charge is -2.37. The molecule has 1 aliphatic rings. The van der Waals surface area contributed by atoms with Crippen LogP contribution in [0.25, 0.3) is 22.2 Å². The van der Waals surface area contributed by atoms with Crippen molar-refractivity contribution in [2.45, 2.75) is 6.04 Å². The molecule has 4 aromatic rings. The van der Waals surface area contributed by atoms with Crippen LogP contribution in [0, 0.1) is 0 Å². The van der Waals surface area contributed by atoms with Crippen molar-refractivity contribution < 1.29 is 14.7 Å². The third-order valence-electron chi connectivity index (χ3n) is 5.75. The van der Waals surface area contributed by atoms with Gasteiger partial charge in [0.25, 0.3) is 0 Å². The molecule has 4 N–H and O–H groups in total. The monoisotopic (exact) mass is 481 g/mol. The molecule has 0 aliphatic carbocycles. The number of carboxylic acid groups (broad SMARTS) is 1. The number of aromatic nitrogens is 3. The number of fused-ring (bicyclic) bond motifs is 1. The van der Waals surface area contributed by atoms with Gasteiger partial charge in [-0.3, -0.25) is 9.78 Å². The summed E-state index contributed by atoms with van der Waals surface area (Å²) in [5, 5.41) is 19.1. The Hall–Kier alpha value is -4.99. The lowest BCUT2D eigenvalue weighted by molar-refractivity contribution is -0.111. The number of likely N-dealkylation sites (tertiary alicyclic amines) is 1. The van der Waals surface area contributed by atoms with E-state index in [0.29, 0.717) is 35.9 Å². The molecular formula is C26H23N7O3. The number of hydrogen-bond acceptors (Lipinski definition) is 7. The second-order valence-electron chi connectivity index (χ2n) is 8.30. The summed E-state index contributed by atoms with van der Waals surface area (Å²) in [6, 6.07) is 17.0. The van der Waals surface area contributed by atoms with Crippen molar-refractivity contribution in [1.82, 2.24) is 19.9 Å². The second-order valence-corrected chi connectivity index (χ2v) is 8.30. The van der Waals surface area contributed by atoms with Crippen LogP contribution >= 0.6 is 0 Å². The first-order valence-corrected chi connectivity index (χ1v) is 11.3. The fourth-order valence-electron chi connectivity index (χ4n) is 3.91. The molecule has 10 heteroatoms. The Morgan fingerprint density at radius 1 is 1.03 bits per heavy atom. The van der Waals surface area contributed by atoms with Crippen molar-refractivity contribution in [2.24, 2.45) is 0 Å². The maximum atomic E-state index is 11.7. The minimum absolute atomic E-state index is 0.109. The van der Waals surface area contributed by atoms with E-state index in [1.54, 1.807) is 18.5 Å². The molecule has 0 saturated carbocycles. The first-order chi connectivity index (χ1) is 17.5. The molecule has 0 atom stereocenters. The summed E-state index contributed by atoms with van der Waals surface area (Å²) in [6.45, 7) is 4.43. The van der Waals surface area contributed by atoms with E-state index < -0.39 is 6.09 Å². The van der Waals surface area contributed by atoms with Gasteiger partial charge in [-0.05, 0) is 48.5 Å². The average molecular weight is 482 g/mol. The molecule has 3 heterocycles. The molecule has 0 radical (unpaired) electrons. The highest BCUT2D eigenvalue weighted by Crippen LogP contribution is 2.28. The molecule has 1 fully saturated rings. The zero-order chi connectivity index (χ0) is 25.1. The van der Waals surface area contributed by atoms with E-state index in [9.17, 15) is 9.59 Å². The van der Waals surface area contributed by atoms with Crippen LogP contribution in [-0.4, -0.2) is 56.1 Å². The Morgan fingerprint density at radius 3 is 2.56 bits per heavy atom. The maximum absolute atomic E-state index is 11.7. The zero-order valence-corrected chi connectivity index (χ0v) is 19.2. The van der Waals surface area contributed by atoms with Gasteiger partial charge in [0, 0.05) is 53.5 Å². The van der Waals surface area contributed by atoms with Crippen molar-refractivity contribution in [3.8, 4) is 11.3 Å². The van der Waals surface area contributed by atoms with Gasteiger partial charge < -0.3 is 26.0 Å². The molecule has 2 aromatic carbocycles. The Morgan fingerprint density at radius 2 is 1.81 bits per heavy atom.